The molecule has 0 saturated heterocycles. The number of hydrogen-bond acceptors (Lipinski definition) is 7. The monoisotopic (exact) mass is 476 g/mol. The van der Waals surface area contributed by atoms with Crippen LogP contribution in [0.4, 0.5) is 10.7 Å². The molecule has 34 heavy (non-hydrogen) atoms. The lowest BCUT2D eigenvalue weighted by molar-refractivity contribution is -0.119. The van der Waals surface area contributed by atoms with Gasteiger partial charge in [0.05, 0.1) is 5.56 Å². The van der Waals surface area contributed by atoms with Crippen LogP contribution in [0.5, 0.6) is 0 Å². The molecular formula is C25H20N2O6S. The van der Waals surface area contributed by atoms with Crippen molar-refractivity contribution in [3.63, 3.8) is 0 Å². The number of ether oxygens (including phenoxy) is 1. The van der Waals surface area contributed by atoms with Crippen molar-refractivity contribution in [2.75, 3.05) is 17.2 Å². The van der Waals surface area contributed by atoms with E-state index in [1.807, 2.05) is 6.92 Å². The topological polar surface area (TPSA) is 119 Å². The molecule has 2 N–H and O–H groups in total. The van der Waals surface area contributed by atoms with E-state index in [1.54, 1.807) is 31.2 Å². The van der Waals surface area contributed by atoms with Crippen molar-refractivity contribution in [1.82, 2.24) is 0 Å². The van der Waals surface area contributed by atoms with Gasteiger partial charge in [0.1, 0.15) is 5.00 Å². The van der Waals surface area contributed by atoms with Gasteiger partial charge < -0.3 is 15.4 Å². The number of anilines is 2. The van der Waals surface area contributed by atoms with E-state index < -0.39 is 18.5 Å². The molecule has 2 aromatic carbocycles. The first kappa shape index (κ1) is 23.1. The van der Waals surface area contributed by atoms with E-state index in [9.17, 15) is 24.0 Å². The summed E-state index contributed by atoms with van der Waals surface area (Å²) in [6, 6.07) is 11.0. The summed E-state index contributed by atoms with van der Waals surface area (Å²) < 4.78 is 5.16. The largest absolute Gasteiger partial charge is 0.452 e. The summed E-state index contributed by atoms with van der Waals surface area (Å²) in [6.07, 6.45) is 0. The van der Waals surface area contributed by atoms with Crippen LogP contribution in [-0.2, 0) is 14.3 Å². The number of nitrogens with one attached hydrogen (secondary N) is 2. The number of fused-ring (bicyclic) bond motifs is 2. The summed E-state index contributed by atoms with van der Waals surface area (Å²) in [6.45, 7) is 4.31. The predicted octanol–water partition coefficient (Wildman–Crippen LogP) is 3.89. The average molecular weight is 477 g/mol. The fraction of sp³-hybridized carbons (Fsp3) is 0.160. The number of benzene rings is 2. The first-order chi connectivity index (χ1) is 16.2. The van der Waals surface area contributed by atoms with Gasteiger partial charge in [-0.25, -0.2) is 4.79 Å². The molecule has 0 aliphatic heterocycles. The van der Waals surface area contributed by atoms with Gasteiger partial charge in [0.2, 0.25) is 5.91 Å². The van der Waals surface area contributed by atoms with Gasteiger partial charge in [-0.2, -0.15) is 0 Å². The van der Waals surface area contributed by atoms with E-state index in [-0.39, 0.29) is 34.2 Å². The number of esters is 1. The Labute approximate surface area is 198 Å². The number of carbonyl (C=O) groups is 5. The van der Waals surface area contributed by atoms with Crippen LogP contribution in [0.1, 0.15) is 59.6 Å². The summed E-state index contributed by atoms with van der Waals surface area (Å²) in [7, 11) is 0. The first-order valence-electron chi connectivity index (χ1n) is 10.3. The van der Waals surface area contributed by atoms with E-state index >= 15 is 0 Å². The van der Waals surface area contributed by atoms with E-state index in [4.69, 9.17) is 4.74 Å². The molecule has 0 bridgehead atoms. The van der Waals surface area contributed by atoms with Gasteiger partial charge in [-0.05, 0) is 37.6 Å². The Kier molecular flexibility index (Phi) is 6.12. The molecule has 0 fully saturated rings. The summed E-state index contributed by atoms with van der Waals surface area (Å²) in [5, 5.41) is 5.55. The minimum Gasteiger partial charge on any atom is -0.452 e. The zero-order valence-corrected chi connectivity index (χ0v) is 19.4. The zero-order valence-electron chi connectivity index (χ0n) is 18.6. The summed E-state index contributed by atoms with van der Waals surface area (Å²) in [5.41, 5.74) is 2.29. The smallest absolute Gasteiger partial charge is 0.341 e. The maximum Gasteiger partial charge on any atom is 0.341 e. The highest BCUT2D eigenvalue weighted by Crippen LogP contribution is 2.33. The quantitative estimate of drug-likeness (QED) is 0.422. The molecule has 1 aromatic heterocycles. The molecule has 1 heterocycles. The Balaban J connectivity index is 1.46. The van der Waals surface area contributed by atoms with E-state index in [0.717, 1.165) is 4.88 Å². The highest BCUT2D eigenvalue weighted by molar-refractivity contribution is 7.16. The van der Waals surface area contributed by atoms with Gasteiger partial charge in [0.15, 0.2) is 18.2 Å². The Morgan fingerprint density at radius 2 is 1.50 bits per heavy atom. The molecule has 2 amide bonds. The van der Waals surface area contributed by atoms with E-state index in [1.165, 1.54) is 36.5 Å². The molecule has 1 aliphatic carbocycles. The third kappa shape index (κ3) is 4.25. The molecule has 1 aliphatic rings. The summed E-state index contributed by atoms with van der Waals surface area (Å²) in [5.74, 6) is -2.23. The van der Waals surface area contributed by atoms with Crippen LogP contribution >= 0.6 is 11.3 Å². The van der Waals surface area contributed by atoms with Gasteiger partial charge in [0, 0.05) is 39.7 Å². The SMILES string of the molecule is CC(=O)Nc1sc(C)c(C)c1C(=O)OCC(=O)Nc1ccc2c(c1)C(=O)c1ccccc1C2=O. The standard InChI is InChI=1S/C25H20N2O6S/c1-12-13(2)34-24(26-14(3)28)21(12)25(32)33-11-20(29)27-15-8-9-18-19(10-15)23(31)17-7-5-4-6-16(17)22(18)30/h4-10H,11H2,1-3H3,(H,26,28)(H,27,29). The average Bonchev–Trinajstić information content (AvgIpc) is 3.08. The Morgan fingerprint density at radius 1 is 0.882 bits per heavy atom. The highest BCUT2D eigenvalue weighted by Gasteiger charge is 2.29. The van der Waals surface area contributed by atoms with Crippen LogP contribution in [0.2, 0.25) is 0 Å². The zero-order chi connectivity index (χ0) is 24.6. The lowest BCUT2D eigenvalue weighted by Gasteiger charge is -2.18. The molecule has 4 rings (SSSR count). The Morgan fingerprint density at radius 3 is 2.15 bits per heavy atom. The van der Waals surface area contributed by atoms with Crippen molar-refractivity contribution in [2.45, 2.75) is 20.8 Å². The predicted molar refractivity (Wildman–Crippen MR) is 127 cm³/mol. The van der Waals surface area contributed by atoms with Crippen molar-refractivity contribution in [1.29, 1.82) is 0 Å². The van der Waals surface area contributed by atoms with Crippen molar-refractivity contribution < 1.29 is 28.7 Å². The number of aryl methyl sites for hydroxylation is 1. The highest BCUT2D eigenvalue weighted by atomic mass is 32.1. The number of rotatable bonds is 5. The molecule has 0 atom stereocenters. The number of thiophene rings is 1. The number of amides is 2. The van der Waals surface area contributed by atoms with Crippen LogP contribution in [0.3, 0.4) is 0 Å². The number of ketones is 2. The second kappa shape index (κ2) is 9.03. The minimum absolute atomic E-state index is 0.197. The van der Waals surface area contributed by atoms with Crippen LogP contribution < -0.4 is 10.6 Å². The molecule has 0 unspecified atom stereocenters. The molecule has 0 radical (unpaired) electrons. The third-order valence-electron chi connectivity index (χ3n) is 5.42. The summed E-state index contributed by atoms with van der Waals surface area (Å²) >= 11 is 1.25. The maximum absolute atomic E-state index is 12.8. The molecule has 172 valence electrons. The normalized spacial score (nSPS) is 12.0. The van der Waals surface area contributed by atoms with Crippen molar-refractivity contribution in [2.24, 2.45) is 0 Å². The van der Waals surface area contributed by atoms with Crippen LogP contribution in [-0.4, -0.2) is 36.0 Å². The van der Waals surface area contributed by atoms with Crippen molar-refractivity contribution in [3.8, 4) is 0 Å². The van der Waals surface area contributed by atoms with Gasteiger partial charge in [-0.15, -0.1) is 11.3 Å². The van der Waals surface area contributed by atoms with Gasteiger partial charge >= 0.3 is 5.97 Å². The van der Waals surface area contributed by atoms with Crippen molar-refractivity contribution in [3.05, 3.63) is 80.7 Å². The molecular weight excluding hydrogens is 456 g/mol. The lowest BCUT2D eigenvalue weighted by Crippen LogP contribution is -2.23. The fourth-order valence-corrected chi connectivity index (χ4v) is 4.79. The molecule has 3 aromatic rings. The Hall–Kier alpha value is -4.11. The first-order valence-corrected chi connectivity index (χ1v) is 11.2. The minimum atomic E-state index is -0.733. The number of carbonyl (C=O) groups excluding carboxylic acids is 5. The second-order valence-electron chi connectivity index (χ2n) is 7.76. The molecule has 8 nitrogen and oxygen atoms in total. The van der Waals surface area contributed by atoms with E-state index in [0.29, 0.717) is 27.4 Å². The van der Waals surface area contributed by atoms with Crippen LogP contribution in [0.15, 0.2) is 42.5 Å². The lowest BCUT2D eigenvalue weighted by atomic mass is 9.84. The van der Waals surface area contributed by atoms with Crippen molar-refractivity contribution >= 4 is 51.4 Å². The van der Waals surface area contributed by atoms with Crippen LogP contribution in [0.25, 0.3) is 0 Å². The third-order valence-corrected chi connectivity index (χ3v) is 6.54. The van der Waals surface area contributed by atoms with Gasteiger partial charge in [-0.3, -0.25) is 19.2 Å². The van der Waals surface area contributed by atoms with Crippen LogP contribution in [0, 0.1) is 13.8 Å². The molecule has 0 saturated carbocycles. The summed E-state index contributed by atoms with van der Waals surface area (Å²) in [4.78, 5) is 62.8. The van der Waals surface area contributed by atoms with E-state index in [2.05, 4.69) is 10.6 Å². The fourth-order valence-electron chi connectivity index (χ4n) is 3.70. The second-order valence-corrected chi connectivity index (χ2v) is 8.98. The van der Waals surface area contributed by atoms with Gasteiger partial charge in [0.25, 0.3) is 5.91 Å². The molecule has 0 spiro atoms. The Bertz CT molecular complexity index is 1390. The van der Waals surface area contributed by atoms with Gasteiger partial charge in [-0.1, -0.05) is 24.3 Å². The maximum atomic E-state index is 12.8. The molecule has 9 heteroatoms. The number of hydrogen-bond donors (Lipinski definition) is 2.